The fraction of sp³-hybridized carbons (Fsp3) is 0.632. The van der Waals surface area contributed by atoms with E-state index in [1.54, 1.807) is 34.1 Å². The van der Waals surface area contributed by atoms with Gasteiger partial charge in [0.2, 0.25) is 20.0 Å². The van der Waals surface area contributed by atoms with Crippen molar-refractivity contribution >= 4 is 42.8 Å². The Kier molecular flexibility index (Phi) is 21.2. The third-order valence-corrected chi connectivity index (χ3v) is 13.3. The summed E-state index contributed by atoms with van der Waals surface area (Å²) in [4.78, 5) is 33.6. The number of β-amino-alcohol motifs (C(OH)–C–C–N with tert-alkyl or cyclic N) is 2. The first-order valence-electron chi connectivity index (χ1n) is 19.3. The number of benzene rings is 2. The molecule has 0 atom stereocenters. The number of rotatable bonds is 18. The first-order valence-corrected chi connectivity index (χ1v) is 22.2. The molecule has 0 radical (unpaired) electrons. The summed E-state index contributed by atoms with van der Waals surface area (Å²) >= 11 is 0. The van der Waals surface area contributed by atoms with Gasteiger partial charge in [0.1, 0.15) is 0 Å². The van der Waals surface area contributed by atoms with E-state index in [4.69, 9.17) is 10.2 Å². The molecule has 304 valence electrons. The second kappa shape index (κ2) is 24.1. The first kappa shape index (κ1) is 48.4. The van der Waals surface area contributed by atoms with E-state index in [2.05, 4.69) is 9.80 Å². The average molecular weight is 823 g/mol. The molecule has 0 spiro atoms. The second-order valence-electron chi connectivity index (χ2n) is 13.6. The summed E-state index contributed by atoms with van der Waals surface area (Å²) in [6.07, 6.45) is 3.05. The van der Waals surface area contributed by atoms with Gasteiger partial charge in [0.25, 0.3) is 11.8 Å². The van der Waals surface area contributed by atoms with Crippen molar-refractivity contribution in [2.75, 3.05) is 105 Å². The summed E-state index contributed by atoms with van der Waals surface area (Å²) in [6, 6.07) is 12.5. The summed E-state index contributed by atoms with van der Waals surface area (Å²) < 4.78 is 54.2. The molecular formula is C38H62N6O8S2Si+4. The van der Waals surface area contributed by atoms with Gasteiger partial charge < -0.3 is 20.0 Å². The maximum absolute atomic E-state index is 12.8. The number of carbonyl (C=O) groups excluding carboxylic acids is 2. The van der Waals surface area contributed by atoms with E-state index in [1.807, 2.05) is 27.7 Å². The number of sulfonamides is 2. The van der Waals surface area contributed by atoms with E-state index in [-0.39, 0.29) is 45.8 Å². The molecule has 0 unspecified atom stereocenters. The van der Waals surface area contributed by atoms with Crippen molar-refractivity contribution < 1.29 is 36.6 Å². The minimum Gasteiger partial charge on any atom is -0.395 e. The minimum absolute atomic E-state index is 0. The van der Waals surface area contributed by atoms with Crippen LogP contribution in [0, 0.1) is 0 Å². The predicted molar refractivity (Wildman–Crippen MR) is 216 cm³/mol. The van der Waals surface area contributed by atoms with Gasteiger partial charge in [-0.3, -0.25) is 19.4 Å². The van der Waals surface area contributed by atoms with Gasteiger partial charge in [-0.25, -0.2) is 16.8 Å². The molecule has 0 aliphatic carbocycles. The zero-order valence-electron chi connectivity index (χ0n) is 33.1. The Labute approximate surface area is 334 Å². The van der Waals surface area contributed by atoms with Crippen molar-refractivity contribution in [2.24, 2.45) is 0 Å². The predicted octanol–water partition coefficient (Wildman–Crippen LogP) is 2.11. The molecule has 2 heterocycles. The second-order valence-corrected chi connectivity index (χ2v) is 17.4. The number of aliphatic hydroxyl groups excluding tert-OH is 2. The summed E-state index contributed by atoms with van der Waals surface area (Å²) in [6.45, 7) is 16.7. The first-order chi connectivity index (χ1) is 25.9. The number of hydrogen-bond acceptors (Lipinski definition) is 10. The van der Waals surface area contributed by atoms with Gasteiger partial charge in [-0.1, -0.05) is 27.7 Å². The van der Waals surface area contributed by atoms with Crippen LogP contribution in [-0.4, -0.2) is 183 Å². The molecule has 4 rings (SSSR count). The Morgan fingerprint density at radius 3 is 1.04 bits per heavy atom. The zero-order chi connectivity index (χ0) is 39.7. The van der Waals surface area contributed by atoms with Gasteiger partial charge in [0, 0.05) is 103 Å². The van der Waals surface area contributed by atoms with Crippen LogP contribution in [-0.2, 0) is 20.0 Å². The van der Waals surface area contributed by atoms with Crippen LogP contribution >= 0.6 is 0 Å². The molecule has 14 nitrogen and oxygen atoms in total. The van der Waals surface area contributed by atoms with E-state index in [0.29, 0.717) is 76.6 Å². The van der Waals surface area contributed by atoms with Crippen molar-refractivity contribution in [3.05, 3.63) is 59.7 Å². The van der Waals surface area contributed by atoms with Crippen LogP contribution < -0.4 is 0 Å². The number of hydrogen-bond donors (Lipinski definition) is 2. The molecular weight excluding hydrogens is 761 g/mol. The third-order valence-electron chi connectivity index (χ3n) is 9.52. The number of amides is 2. The molecule has 0 saturated carbocycles. The fourth-order valence-corrected chi connectivity index (χ4v) is 9.78. The van der Waals surface area contributed by atoms with Crippen molar-refractivity contribution in [3.63, 3.8) is 0 Å². The van der Waals surface area contributed by atoms with E-state index in [1.165, 1.54) is 32.9 Å². The topological polar surface area (TPSA) is 162 Å². The Morgan fingerprint density at radius 2 is 0.800 bits per heavy atom. The van der Waals surface area contributed by atoms with Crippen LogP contribution in [0.25, 0.3) is 0 Å². The molecule has 17 heteroatoms. The quantitative estimate of drug-likeness (QED) is 0.213. The molecule has 2 fully saturated rings. The van der Waals surface area contributed by atoms with Crippen LogP contribution in [0.5, 0.6) is 0 Å². The van der Waals surface area contributed by atoms with Crippen molar-refractivity contribution in [3.8, 4) is 0 Å². The normalized spacial score (nSPS) is 15.8. The van der Waals surface area contributed by atoms with E-state index in [9.17, 15) is 26.4 Å². The number of carbonyl (C=O) groups is 2. The fourth-order valence-electron chi connectivity index (χ4n) is 6.54. The monoisotopic (exact) mass is 822 g/mol. The van der Waals surface area contributed by atoms with Crippen LogP contribution in [0.3, 0.4) is 0 Å². The van der Waals surface area contributed by atoms with Crippen LogP contribution in [0.1, 0.15) is 74.1 Å². The third kappa shape index (κ3) is 13.7. The number of nitrogens with zero attached hydrogens (tertiary/aromatic N) is 6. The number of piperazine rings is 2. The summed E-state index contributed by atoms with van der Waals surface area (Å²) in [5.74, 6) is -0.164. The molecule has 2 amide bonds. The molecule has 2 aromatic rings. The Hall–Kier alpha value is -2.74. The molecule has 2 aliphatic rings. The maximum atomic E-state index is 12.8. The van der Waals surface area contributed by atoms with Gasteiger partial charge in [-0.05, 0) is 74.2 Å². The Morgan fingerprint density at radius 1 is 0.527 bits per heavy atom. The van der Waals surface area contributed by atoms with Crippen LogP contribution in [0.15, 0.2) is 58.3 Å². The molecule has 0 bridgehead atoms. The summed E-state index contributed by atoms with van der Waals surface area (Å²) in [5, 5.41) is 18.0. The maximum Gasteiger partial charge on any atom is 4.00 e. The summed E-state index contributed by atoms with van der Waals surface area (Å²) in [5.41, 5.74) is 1.00. The zero-order valence-corrected chi connectivity index (χ0v) is 35.7. The Bertz CT molecular complexity index is 1520. The van der Waals surface area contributed by atoms with Crippen LogP contribution in [0.4, 0.5) is 0 Å². The molecule has 2 aliphatic heterocycles. The minimum atomic E-state index is -3.53. The van der Waals surface area contributed by atoms with Gasteiger partial charge in [-0.2, -0.15) is 8.61 Å². The molecule has 2 saturated heterocycles. The van der Waals surface area contributed by atoms with Crippen LogP contribution in [0.2, 0.25) is 0 Å². The van der Waals surface area contributed by atoms with E-state index < -0.39 is 20.0 Å². The van der Waals surface area contributed by atoms with E-state index >= 15 is 0 Å². The molecule has 2 aromatic carbocycles. The van der Waals surface area contributed by atoms with Gasteiger partial charge in [0.15, 0.2) is 0 Å². The average Bonchev–Trinajstić information content (AvgIpc) is 3.18. The molecule has 2 N–H and O–H groups in total. The van der Waals surface area contributed by atoms with Gasteiger partial charge >= 0.3 is 11.0 Å². The van der Waals surface area contributed by atoms with Crippen molar-refractivity contribution in [1.29, 1.82) is 0 Å². The van der Waals surface area contributed by atoms with Crippen molar-refractivity contribution in [1.82, 2.24) is 28.2 Å². The van der Waals surface area contributed by atoms with Gasteiger partial charge in [-0.15, -0.1) is 0 Å². The largest absolute Gasteiger partial charge is 4.00 e. The standard InChI is InChI=1S/2C19H31N3O4S.Si/c2*1-3-9-22(10-4-2)27(25,26)18-7-5-17(6-8-18)19(24)21-13-11-20(12-14-21)15-16-23;/h2*5-8,23H,3-4,9-16H2,1-2H3;/q;;+4. The molecule has 0 aromatic heterocycles. The number of aliphatic hydroxyl groups is 2. The van der Waals surface area contributed by atoms with E-state index in [0.717, 1.165) is 51.9 Å². The summed E-state index contributed by atoms with van der Waals surface area (Å²) in [7, 11) is -7.06. The van der Waals surface area contributed by atoms with Gasteiger partial charge in [0.05, 0.1) is 23.0 Å². The smallest absolute Gasteiger partial charge is 0.395 e. The Balaban J connectivity index is 0.000000373. The SMILES string of the molecule is CCCN(CCC)S(=O)(=O)c1ccc(C(=O)N2CCN(CCO)CC2)cc1.CCCN(CCC)S(=O)(=O)c1ccc(C(=O)N2CCN(CCO)CC2)cc1.[Si+4]. The van der Waals surface area contributed by atoms with Crippen molar-refractivity contribution in [2.45, 2.75) is 63.2 Å². The molecule has 55 heavy (non-hydrogen) atoms.